The van der Waals surface area contributed by atoms with Gasteiger partial charge in [-0.2, -0.15) is 13.2 Å². The SMILES string of the molecule is CCCNC(=O)CN1CCN(c2c([N+](=O)[O-])cc(C(F)(F)F)cc2[N+](=O)[O-])CC1. The minimum absolute atomic E-state index is 0.0914. The lowest BCUT2D eigenvalue weighted by molar-refractivity contribution is -0.393. The Balaban J connectivity index is 2.27. The minimum atomic E-state index is -4.96. The Hall–Kier alpha value is -2.96. The van der Waals surface area contributed by atoms with Gasteiger partial charge in [0.1, 0.15) is 0 Å². The molecule has 0 unspecified atom stereocenters. The van der Waals surface area contributed by atoms with Gasteiger partial charge < -0.3 is 10.2 Å². The maximum atomic E-state index is 13.0. The van der Waals surface area contributed by atoms with Crippen molar-refractivity contribution in [3.8, 4) is 0 Å². The van der Waals surface area contributed by atoms with Crippen LogP contribution in [0.2, 0.25) is 0 Å². The van der Waals surface area contributed by atoms with Crippen LogP contribution < -0.4 is 10.2 Å². The van der Waals surface area contributed by atoms with Gasteiger partial charge in [-0.05, 0) is 6.42 Å². The van der Waals surface area contributed by atoms with Crippen molar-refractivity contribution in [1.82, 2.24) is 10.2 Å². The van der Waals surface area contributed by atoms with E-state index in [4.69, 9.17) is 0 Å². The quantitative estimate of drug-likeness (QED) is 0.531. The number of anilines is 1. The average molecular weight is 419 g/mol. The highest BCUT2D eigenvalue weighted by atomic mass is 19.4. The molecule has 13 heteroatoms. The van der Waals surface area contributed by atoms with E-state index < -0.39 is 38.6 Å². The third-order valence-corrected chi connectivity index (χ3v) is 4.42. The van der Waals surface area contributed by atoms with Gasteiger partial charge in [0.05, 0.1) is 22.0 Å². The molecule has 160 valence electrons. The number of nitro groups is 2. The van der Waals surface area contributed by atoms with E-state index in [-0.39, 0.29) is 38.6 Å². The standard InChI is InChI=1S/C16H20F3N5O5/c1-2-3-20-14(25)10-21-4-6-22(7-5-21)15-12(23(26)27)8-11(16(17,18)19)9-13(15)24(28)29/h8-9H,2-7,10H2,1H3,(H,20,25). The van der Waals surface area contributed by atoms with Crippen LogP contribution in [0.25, 0.3) is 0 Å². The number of alkyl halides is 3. The number of hydrogen-bond acceptors (Lipinski definition) is 7. The van der Waals surface area contributed by atoms with Gasteiger partial charge in [0.2, 0.25) is 5.91 Å². The molecule has 1 aromatic carbocycles. The zero-order valence-electron chi connectivity index (χ0n) is 15.6. The average Bonchev–Trinajstić information content (AvgIpc) is 2.65. The highest BCUT2D eigenvalue weighted by molar-refractivity contribution is 5.78. The summed E-state index contributed by atoms with van der Waals surface area (Å²) >= 11 is 0. The molecular weight excluding hydrogens is 399 g/mol. The van der Waals surface area contributed by atoms with Crippen LogP contribution in [0.1, 0.15) is 18.9 Å². The molecule has 0 aliphatic carbocycles. The zero-order valence-corrected chi connectivity index (χ0v) is 15.6. The van der Waals surface area contributed by atoms with Crippen LogP contribution in [0.5, 0.6) is 0 Å². The molecular formula is C16H20F3N5O5. The first kappa shape index (κ1) is 22.3. The van der Waals surface area contributed by atoms with Gasteiger partial charge in [0, 0.05) is 44.9 Å². The number of rotatable bonds is 7. The van der Waals surface area contributed by atoms with Gasteiger partial charge in [-0.25, -0.2) is 0 Å². The van der Waals surface area contributed by atoms with E-state index in [1.807, 2.05) is 6.92 Å². The number of nitrogens with zero attached hydrogens (tertiary/aromatic N) is 4. The van der Waals surface area contributed by atoms with Crippen LogP contribution in [-0.4, -0.2) is 59.9 Å². The lowest BCUT2D eigenvalue weighted by Crippen LogP contribution is -2.49. The van der Waals surface area contributed by atoms with Gasteiger partial charge in [-0.1, -0.05) is 6.92 Å². The van der Waals surface area contributed by atoms with Crippen LogP contribution in [0.15, 0.2) is 12.1 Å². The summed E-state index contributed by atoms with van der Waals surface area (Å²) in [5, 5.41) is 25.4. The second-order valence-electron chi connectivity index (χ2n) is 6.49. The second kappa shape index (κ2) is 9.03. The fraction of sp³-hybridized carbons (Fsp3) is 0.562. The number of nitrogens with one attached hydrogen (secondary N) is 1. The molecule has 1 aliphatic heterocycles. The Morgan fingerprint density at radius 1 is 1.10 bits per heavy atom. The molecule has 0 radical (unpaired) electrons. The first-order valence-electron chi connectivity index (χ1n) is 8.82. The Morgan fingerprint density at radius 3 is 2.03 bits per heavy atom. The number of carbonyl (C=O) groups excluding carboxylic acids is 1. The zero-order chi connectivity index (χ0) is 21.8. The number of benzene rings is 1. The van der Waals surface area contributed by atoms with E-state index in [0.29, 0.717) is 18.7 Å². The van der Waals surface area contributed by atoms with Crippen LogP contribution in [-0.2, 0) is 11.0 Å². The molecule has 1 aromatic rings. The molecule has 1 saturated heterocycles. The van der Waals surface area contributed by atoms with Crippen molar-refractivity contribution in [2.45, 2.75) is 19.5 Å². The lowest BCUT2D eigenvalue weighted by Gasteiger charge is -2.35. The minimum Gasteiger partial charge on any atom is -0.358 e. The van der Waals surface area contributed by atoms with Crippen molar-refractivity contribution in [1.29, 1.82) is 0 Å². The Kier molecular flexibility index (Phi) is 6.95. The van der Waals surface area contributed by atoms with Crippen LogP contribution in [0, 0.1) is 20.2 Å². The van der Waals surface area contributed by atoms with E-state index in [1.165, 1.54) is 4.90 Å². The van der Waals surface area contributed by atoms with Crippen molar-refractivity contribution >= 4 is 23.0 Å². The highest BCUT2D eigenvalue weighted by Crippen LogP contribution is 2.43. The third-order valence-electron chi connectivity index (χ3n) is 4.42. The van der Waals surface area contributed by atoms with Crippen molar-refractivity contribution in [2.75, 3.05) is 44.2 Å². The molecule has 1 heterocycles. The van der Waals surface area contributed by atoms with Gasteiger partial charge in [0.15, 0.2) is 5.69 Å². The van der Waals surface area contributed by atoms with E-state index in [9.17, 15) is 38.2 Å². The van der Waals surface area contributed by atoms with E-state index in [0.717, 1.165) is 6.42 Å². The van der Waals surface area contributed by atoms with E-state index >= 15 is 0 Å². The molecule has 29 heavy (non-hydrogen) atoms. The summed E-state index contributed by atoms with van der Waals surface area (Å²) in [5.41, 5.74) is -3.85. The summed E-state index contributed by atoms with van der Waals surface area (Å²) in [4.78, 5) is 35.5. The topological polar surface area (TPSA) is 122 Å². The lowest BCUT2D eigenvalue weighted by atomic mass is 10.1. The Labute approximate surface area is 163 Å². The molecule has 0 aromatic heterocycles. The Morgan fingerprint density at radius 2 is 1.62 bits per heavy atom. The molecule has 0 bridgehead atoms. The normalized spacial score (nSPS) is 15.2. The van der Waals surface area contributed by atoms with Gasteiger partial charge in [-0.3, -0.25) is 29.9 Å². The van der Waals surface area contributed by atoms with Gasteiger partial charge in [0.25, 0.3) is 11.4 Å². The molecule has 0 saturated carbocycles. The van der Waals surface area contributed by atoms with Crippen molar-refractivity contribution in [3.63, 3.8) is 0 Å². The summed E-state index contributed by atoms with van der Waals surface area (Å²) in [5.74, 6) is -0.188. The number of carbonyl (C=O) groups is 1. The fourth-order valence-corrected chi connectivity index (χ4v) is 3.02. The number of amides is 1. The fourth-order valence-electron chi connectivity index (χ4n) is 3.02. The predicted octanol–water partition coefficient (Wildman–Crippen LogP) is 2.17. The summed E-state index contributed by atoms with van der Waals surface area (Å²) in [6.45, 7) is 3.27. The van der Waals surface area contributed by atoms with Crippen molar-refractivity contribution in [2.24, 2.45) is 0 Å². The van der Waals surface area contributed by atoms with Crippen molar-refractivity contribution < 1.29 is 27.8 Å². The number of halogens is 3. The molecule has 2 rings (SSSR count). The smallest absolute Gasteiger partial charge is 0.358 e. The molecule has 0 atom stereocenters. The van der Waals surface area contributed by atoms with Gasteiger partial charge >= 0.3 is 6.18 Å². The highest BCUT2D eigenvalue weighted by Gasteiger charge is 2.39. The molecule has 0 spiro atoms. The maximum absolute atomic E-state index is 13.0. The van der Waals surface area contributed by atoms with Crippen molar-refractivity contribution in [3.05, 3.63) is 37.9 Å². The molecule has 1 N–H and O–H groups in total. The third kappa shape index (κ3) is 5.53. The van der Waals surface area contributed by atoms with E-state index in [2.05, 4.69) is 5.32 Å². The van der Waals surface area contributed by atoms with Gasteiger partial charge in [-0.15, -0.1) is 0 Å². The van der Waals surface area contributed by atoms with Crippen LogP contribution >= 0.6 is 0 Å². The summed E-state index contributed by atoms with van der Waals surface area (Å²) in [7, 11) is 0. The first-order chi connectivity index (χ1) is 13.5. The number of piperazine rings is 1. The molecule has 10 nitrogen and oxygen atoms in total. The number of hydrogen-bond donors (Lipinski definition) is 1. The largest absolute Gasteiger partial charge is 0.416 e. The summed E-state index contributed by atoms with van der Waals surface area (Å²) < 4.78 is 39.0. The first-order valence-corrected chi connectivity index (χ1v) is 8.82. The molecule has 1 aliphatic rings. The summed E-state index contributed by atoms with van der Waals surface area (Å²) in [6, 6.07) is 0.625. The molecule has 1 fully saturated rings. The van der Waals surface area contributed by atoms with Crippen LogP contribution in [0.3, 0.4) is 0 Å². The predicted molar refractivity (Wildman–Crippen MR) is 96.7 cm³/mol. The van der Waals surface area contributed by atoms with Crippen LogP contribution in [0.4, 0.5) is 30.2 Å². The summed E-state index contributed by atoms with van der Waals surface area (Å²) in [6.07, 6.45) is -4.18. The molecule has 1 amide bonds. The maximum Gasteiger partial charge on any atom is 0.416 e. The Bertz CT molecular complexity index is 759. The van der Waals surface area contributed by atoms with E-state index in [1.54, 1.807) is 4.90 Å². The number of nitro benzene ring substituents is 2. The monoisotopic (exact) mass is 419 g/mol. The second-order valence-corrected chi connectivity index (χ2v) is 6.49.